The third-order valence-corrected chi connectivity index (χ3v) is 6.41. The lowest BCUT2D eigenvalue weighted by molar-refractivity contribution is 0.193. The molecule has 2 fully saturated rings. The summed E-state index contributed by atoms with van der Waals surface area (Å²) in [6, 6.07) is 0. The normalized spacial score (nSPS) is 22.4. The molecule has 7 nitrogen and oxygen atoms in total. The van der Waals surface area contributed by atoms with E-state index in [1.807, 2.05) is 17.9 Å². The van der Waals surface area contributed by atoms with E-state index < -0.39 is 0 Å². The van der Waals surface area contributed by atoms with Gasteiger partial charge in [-0.1, -0.05) is 6.42 Å². The van der Waals surface area contributed by atoms with Gasteiger partial charge in [-0.3, -0.25) is 14.5 Å². The predicted molar refractivity (Wildman–Crippen MR) is 105 cm³/mol. The Bertz CT molecular complexity index is 756. The second kappa shape index (κ2) is 8.10. The Morgan fingerprint density at radius 1 is 0.963 bits per heavy atom. The highest BCUT2D eigenvalue weighted by Crippen LogP contribution is 2.27. The van der Waals surface area contributed by atoms with Crippen LogP contribution >= 0.6 is 0 Å². The van der Waals surface area contributed by atoms with Gasteiger partial charge in [0.1, 0.15) is 11.6 Å². The first-order valence-corrected chi connectivity index (χ1v) is 10.4. The van der Waals surface area contributed by atoms with Crippen LogP contribution in [0.4, 0.5) is 0 Å². The molecule has 0 amide bonds. The standard InChI is InChI=1S/C20H33N7/c1-16-18(12-21-25(16)3)14-27-11-7-8-17(13-27)20-23-22-19(24(20)2)15-26-9-5-4-6-10-26/h12,17H,4-11,13-15H2,1-3H3/t17-/m0/s1. The van der Waals surface area contributed by atoms with E-state index in [2.05, 4.69) is 43.6 Å². The molecule has 0 radical (unpaired) electrons. The van der Waals surface area contributed by atoms with Crippen LogP contribution < -0.4 is 0 Å². The summed E-state index contributed by atoms with van der Waals surface area (Å²) in [6.45, 7) is 8.68. The average Bonchev–Trinajstić information content (AvgIpc) is 3.20. The Morgan fingerprint density at radius 3 is 2.48 bits per heavy atom. The van der Waals surface area contributed by atoms with Crippen LogP contribution in [-0.4, -0.2) is 60.5 Å². The zero-order valence-corrected chi connectivity index (χ0v) is 17.1. The van der Waals surface area contributed by atoms with Gasteiger partial charge in [0.25, 0.3) is 0 Å². The van der Waals surface area contributed by atoms with E-state index in [0.29, 0.717) is 5.92 Å². The summed E-state index contributed by atoms with van der Waals surface area (Å²) in [6.07, 6.45) is 8.44. The van der Waals surface area contributed by atoms with Crippen LogP contribution in [0.1, 0.15) is 60.9 Å². The van der Waals surface area contributed by atoms with Crippen molar-refractivity contribution in [2.24, 2.45) is 14.1 Å². The molecule has 2 aromatic heterocycles. The monoisotopic (exact) mass is 371 g/mol. The van der Waals surface area contributed by atoms with Crippen LogP contribution in [0.2, 0.25) is 0 Å². The number of rotatable bonds is 5. The molecule has 0 spiro atoms. The van der Waals surface area contributed by atoms with Gasteiger partial charge >= 0.3 is 0 Å². The number of hydrogen-bond acceptors (Lipinski definition) is 5. The highest BCUT2D eigenvalue weighted by Gasteiger charge is 2.27. The SMILES string of the molecule is Cc1c(CN2CCC[C@H](c3nnc(CN4CCCCC4)n3C)C2)cnn1C. The third kappa shape index (κ3) is 4.09. The molecule has 0 aromatic carbocycles. The molecule has 148 valence electrons. The predicted octanol–water partition coefficient (Wildman–Crippen LogP) is 2.22. The van der Waals surface area contributed by atoms with Crippen LogP contribution in [0.25, 0.3) is 0 Å². The highest BCUT2D eigenvalue weighted by molar-refractivity contribution is 5.16. The maximum absolute atomic E-state index is 4.61. The van der Waals surface area contributed by atoms with E-state index in [1.165, 1.54) is 56.5 Å². The summed E-state index contributed by atoms with van der Waals surface area (Å²) in [5, 5.41) is 13.6. The summed E-state index contributed by atoms with van der Waals surface area (Å²) in [7, 11) is 4.17. The van der Waals surface area contributed by atoms with E-state index in [1.54, 1.807) is 0 Å². The smallest absolute Gasteiger partial charge is 0.146 e. The van der Waals surface area contributed by atoms with Crippen molar-refractivity contribution < 1.29 is 0 Å². The number of hydrogen-bond donors (Lipinski definition) is 0. The highest BCUT2D eigenvalue weighted by atomic mass is 15.3. The first-order chi connectivity index (χ1) is 13.1. The van der Waals surface area contributed by atoms with Crippen molar-refractivity contribution in [3.05, 3.63) is 29.1 Å². The van der Waals surface area contributed by atoms with Crippen LogP contribution in [0.15, 0.2) is 6.20 Å². The van der Waals surface area contributed by atoms with Gasteiger partial charge < -0.3 is 4.57 Å². The van der Waals surface area contributed by atoms with Crippen molar-refractivity contribution in [3.63, 3.8) is 0 Å². The third-order valence-electron chi connectivity index (χ3n) is 6.41. The zero-order valence-electron chi connectivity index (χ0n) is 17.1. The van der Waals surface area contributed by atoms with Gasteiger partial charge in [-0.15, -0.1) is 10.2 Å². The molecule has 7 heteroatoms. The molecule has 4 heterocycles. The van der Waals surface area contributed by atoms with Gasteiger partial charge in [0.2, 0.25) is 0 Å². The maximum atomic E-state index is 4.61. The molecule has 0 bridgehead atoms. The van der Waals surface area contributed by atoms with Gasteiger partial charge in [-0.2, -0.15) is 5.10 Å². The topological polar surface area (TPSA) is 55.0 Å². The molecule has 1 atom stereocenters. The van der Waals surface area contributed by atoms with Gasteiger partial charge in [-0.05, 0) is 52.2 Å². The lowest BCUT2D eigenvalue weighted by Gasteiger charge is -2.32. The van der Waals surface area contributed by atoms with Crippen LogP contribution in [0.5, 0.6) is 0 Å². The van der Waals surface area contributed by atoms with E-state index in [9.17, 15) is 0 Å². The molecule has 4 rings (SSSR count). The number of nitrogens with zero attached hydrogens (tertiary/aromatic N) is 7. The lowest BCUT2D eigenvalue weighted by atomic mass is 9.96. The molecule has 2 aliphatic heterocycles. The Balaban J connectivity index is 1.41. The molecule has 2 aromatic rings. The first-order valence-electron chi connectivity index (χ1n) is 10.4. The number of piperidine rings is 2. The lowest BCUT2D eigenvalue weighted by Crippen LogP contribution is -2.35. The Morgan fingerprint density at radius 2 is 1.74 bits per heavy atom. The van der Waals surface area contributed by atoms with Crippen LogP contribution in [0, 0.1) is 6.92 Å². The summed E-state index contributed by atoms with van der Waals surface area (Å²) < 4.78 is 4.23. The summed E-state index contributed by atoms with van der Waals surface area (Å²) in [5.74, 6) is 2.75. The minimum absolute atomic E-state index is 0.475. The number of likely N-dealkylation sites (tertiary alicyclic amines) is 2. The second-order valence-electron chi connectivity index (χ2n) is 8.32. The Labute approximate surface area is 162 Å². The van der Waals surface area contributed by atoms with Gasteiger partial charge in [0.05, 0.1) is 12.7 Å². The molecule has 0 unspecified atom stereocenters. The van der Waals surface area contributed by atoms with Crippen molar-refractivity contribution in [2.45, 2.75) is 58.0 Å². The molecule has 0 N–H and O–H groups in total. The fourth-order valence-corrected chi connectivity index (χ4v) is 4.54. The van der Waals surface area contributed by atoms with Crippen molar-refractivity contribution in [1.29, 1.82) is 0 Å². The Kier molecular flexibility index (Phi) is 5.59. The van der Waals surface area contributed by atoms with Gasteiger partial charge in [-0.25, -0.2) is 0 Å². The first kappa shape index (κ1) is 18.6. The fourth-order valence-electron chi connectivity index (χ4n) is 4.54. The summed E-state index contributed by atoms with van der Waals surface area (Å²) in [4.78, 5) is 5.08. The quantitative estimate of drug-likeness (QED) is 0.807. The van der Waals surface area contributed by atoms with Crippen LogP contribution in [-0.2, 0) is 27.2 Å². The van der Waals surface area contributed by atoms with E-state index in [0.717, 1.165) is 37.8 Å². The molecule has 0 aliphatic carbocycles. The van der Waals surface area contributed by atoms with E-state index >= 15 is 0 Å². The van der Waals surface area contributed by atoms with Crippen molar-refractivity contribution in [1.82, 2.24) is 34.3 Å². The summed E-state index contributed by atoms with van der Waals surface area (Å²) >= 11 is 0. The number of aryl methyl sites for hydroxylation is 1. The van der Waals surface area contributed by atoms with Crippen molar-refractivity contribution in [3.8, 4) is 0 Å². The van der Waals surface area contributed by atoms with Crippen LogP contribution in [0.3, 0.4) is 0 Å². The molecule has 2 aliphatic rings. The van der Waals surface area contributed by atoms with Crippen molar-refractivity contribution >= 4 is 0 Å². The zero-order chi connectivity index (χ0) is 18.8. The molecule has 0 saturated carbocycles. The van der Waals surface area contributed by atoms with Gasteiger partial charge in [0, 0.05) is 44.4 Å². The largest absolute Gasteiger partial charge is 0.317 e. The van der Waals surface area contributed by atoms with Gasteiger partial charge in [0.15, 0.2) is 0 Å². The average molecular weight is 372 g/mol. The second-order valence-corrected chi connectivity index (χ2v) is 8.32. The Hall–Kier alpha value is -1.73. The molecular formula is C20H33N7. The molecule has 27 heavy (non-hydrogen) atoms. The summed E-state index contributed by atoms with van der Waals surface area (Å²) in [5.41, 5.74) is 2.60. The molecular weight excluding hydrogens is 338 g/mol. The fraction of sp³-hybridized carbons (Fsp3) is 0.750. The number of aromatic nitrogens is 5. The maximum Gasteiger partial charge on any atom is 0.146 e. The van der Waals surface area contributed by atoms with Crippen molar-refractivity contribution in [2.75, 3.05) is 26.2 Å². The van der Waals surface area contributed by atoms with E-state index in [4.69, 9.17) is 0 Å². The minimum atomic E-state index is 0.475. The molecule has 2 saturated heterocycles. The van der Waals surface area contributed by atoms with E-state index in [-0.39, 0.29) is 0 Å². The minimum Gasteiger partial charge on any atom is -0.317 e.